The molecule has 1 heterocycles. The van der Waals surface area contributed by atoms with Gasteiger partial charge in [-0.1, -0.05) is 31.5 Å². The van der Waals surface area contributed by atoms with Gasteiger partial charge in [0.1, 0.15) is 0 Å². The Morgan fingerprint density at radius 1 is 1.15 bits per heavy atom. The predicted molar refractivity (Wildman–Crippen MR) is 103 cm³/mol. The minimum atomic E-state index is -3.53. The Morgan fingerprint density at radius 3 is 2.54 bits per heavy atom. The van der Waals surface area contributed by atoms with E-state index in [2.05, 4.69) is 4.72 Å². The molecular formula is C20H24N2O3S. The van der Waals surface area contributed by atoms with Crippen molar-refractivity contribution in [2.75, 3.05) is 11.4 Å². The molecule has 2 aromatic carbocycles. The summed E-state index contributed by atoms with van der Waals surface area (Å²) < 4.78 is 27.1. The van der Waals surface area contributed by atoms with Gasteiger partial charge in [0.15, 0.2) is 0 Å². The number of fused-ring (bicyclic) bond motifs is 1. The van der Waals surface area contributed by atoms with Gasteiger partial charge in [0.25, 0.3) is 5.91 Å². The lowest BCUT2D eigenvalue weighted by Crippen LogP contribution is -2.35. The zero-order valence-electron chi connectivity index (χ0n) is 15.1. The third-order valence-corrected chi connectivity index (χ3v) is 6.14. The molecule has 1 aliphatic rings. The highest BCUT2D eigenvalue weighted by molar-refractivity contribution is 7.89. The van der Waals surface area contributed by atoms with Gasteiger partial charge in [0, 0.05) is 23.8 Å². The molecule has 0 aromatic heterocycles. The van der Waals surface area contributed by atoms with Crippen molar-refractivity contribution in [2.45, 2.75) is 44.0 Å². The standard InChI is InChI=1S/C20H24N2O3S/c1-3-4-13-21-26(24,25)18-11-9-16(10-12-18)20(23)22-15(2)14-17-7-5-6-8-19(17)22/h5-12,15,21H,3-4,13-14H2,1-2H3. The summed E-state index contributed by atoms with van der Waals surface area (Å²) in [4.78, 5) is 14.9. The number of rotatable bonds is 6. The summed E-state index contributed by atoms with van der Waals surface area (Å²) in [5, 5.41) is 0. The maximum Gasteiger partial charge on any atom is 0.258 e. The lowest BCUT2D eigenvalue weighted by molar-refractivity contribution is 0.0981. The summed E-state index contributed by atoms with van der Waals surface area (Å²) in [6, 6.07) is 14.1. The summed E-state index contributed by atoms with van der Waals surface area (Å²) in [7, 11) is -3.53. The second kappa shape index (κ2) is 7.60. The Morgan fingerprint density at radius 2 is 1.85 bits per heavy atom. The van der Waals surface area contributed by atoms with Gasteiger partial charge < -0.3 is 4.90 Å². The molecule has 5 nitrogen and oxygen atoms in total. The lowest BCUT2D eigenvalue weighted by atomic mass is 10.1. The van der Waals surface area contributed by atoms with Crippen molar-refractivity contribution in [3.05, 3.63) is 59.7 Å². The molecule has 1 atom stereocenters. The van der Waals surface area contributed by atoms with Crippen LogP contribution in [0.25, 0.3) is 0 Å². The summed E-state index contributed by atoms with van der Waals surface area (Å²) in [5.74, 6) is -0.106. The molecule has 1 unspecified atom stereocenters. The first kappa shape index (κ1) is 18.6. The summed E-state index contributed by atoms with van der Waals surface area (Å²) >= 11 is 0. The van der Waals surface area contributed by atoms with Crippen LogP contribution in [0.15, 0.2) is 53.4 Å². The molecule has 2 aromatic rings. The topological polar surface area (TPSA) is 66.5 Å². The van der Waals surface area contributed by atoms with Gasteiger partial charge in [0.05, 0.1) is 4.90 Å². The Bertz CT molecular complexity index is 892. The van der Waals surface area contributed by atoms with Gasteiger partial charge in [-0.05, 0) is 55.7 Å². The fraction of sp³-hybridized carbons (Fsp3) is 0.350. The molecule has 6 heteroatoms. The Hall–Kier alpha value is -2.18. The van der Waals surface area contributed by atoms with Crippen molar-refractivity contribution in [3.8, 4) is 0 Å². The van der Waals surface area contributed by atoms with E-state index in [9.17, 15) is 13.2 Å². The first-order valence-corrected chi connectivity index (χ1v) is 10.4. The number of nitrogens with one attached hydrogen (secondary N) is 1. The molecule has 138 valence electrons. The van der Waals surface area contributed by atoms with E-state index in [4.69, 9.17) is 0 Å². The Balaban J connectivity index is 1.80. The monoisotopic (exact) mass is 372 g/mol. The average Bonchev–Trinajstić information content (AvgIpc) is 2.97. The molecule has 0 saturated carbocycles. The number of benzene rings is 2. The maximum atomic E-state index is 13.0. The molecule has 0 fully saturated rings. The van der Waals surface area contributed by atoms with Gasteiger partial charge in [-0.25, -0.2) is 13.1 Å². The Labute approximate surface area is 155 Å². The van der Waals surface area contributed by atoms with Crippen LogP contribution in [0, 0.1) is 0 Å². The molecule has 26 heavy (non-hydrogen) atoms. The van der Waals surface area contributed by atoms with Gasteiger partial charge in [-0.2, -0.15) is 0 Å². The third kappa shape index (κ3) is 3.66. The van der Waals surface area contributed by atoms with Crippen molar-refractivity contribution in [1.29, 1.82) is 0 Å². The molecule has 1 amide bonds. The van der Waals surface area contributed by atoms with Crippen molar-refractivity contribution in [1.82, 2.24) is 4.72 Å². The van der Waals surface area contributed by atoms with Crippen molar-refractivity contribution < 1.29 is 13.2 Å². The first-order valence-electron chi connectivity index (χ1n) is 8.95. The van der Waals surface area contributed by atoms with E-state index in [1.54, 1.807) is 17.0 Å². The quantitative estimate of drug-likeness (QED) is 0.791. The molecule has 0 aliphatic carbocycles. The number of carbonyl (C=O) groups excluding carboxylic acids is 1. The number of amides is 1. The van der Waals surface area contributed by atoms with Crippen LogP contribution in [0.3, 0.4) is 0 Å². The van der Waals surface area contributed by atoms with Crippen LogP contribution in [-0.2, 0) is 16.4 Å². The Kier molecular flexibility index (Phi) is 5.44. The number of carbonyl (C=O) groups is 1. The fourth-order valence-corrected chi connectivity index (χ4v) is 4.33. The molecule has 0 bridgehead atoms. The first-order chi connectivity index (χ1) is 12.4. The van der Waals surface area contributed by atoms with Crippen LogP contribution in [0.1, 0.15) is 42.6 Å². The van der Waals surface area contributed by atoms with E-state index in [1.165, 1.54) is 12.1 Å². The minimum Gasteiger partial charge on any atom is -0.305 e. The van der Waals surface area contributed by atoms with Crippen LogP contribution in [0.4, 0.5) is 5.69 Å². The van der Waals surface area contributed by atoms with Gasteiger partial charge >= 0.3 is 0 Å². The van der Waals surface area contributed by atoms with Crippen LogP contribution >= 0.6 is 0 Å². The van der Waals surface area contributed by atoms with Crippen molar-refractivity contribution in [2.24, 2.45) is 0 Å². The molecule has 0 spiro atoms. The highest BCUT2D eigenvalue weighted by Gasteiger charge is 2.31. The van der Waals surface area contributed by atoms with Crippen molar-refractivity contribution >= 4 is 21.6 Å². The predicted octanol–water partition coefficient (Wildman–Crippen LogP) is 3.36. The minimum absolute atomic E-state index is 0.0824. The number of anilines is 1. The highest BCUT2D eigenvalue weighted by atomic mass is 32.2. The summed E-state index contributed by atoms with van der Waals surface area (Å²) in [6.07, 6.45) is 2.54. The molecule has 0 saturated heterocycles. The molecule has 1 aliphatic heterocycles. The number of unbranched alkanes of at least 4 members (excludes halogenated alkanes) is 1. The lowest BCUT2D eigenvalue weighted by Gasteiger charge is -2.23. The van der Waals surface area contributed by atoms with E-state index < -0.39 is 10.0 Å². The molecular weight excluding hydrogens is 348 g/mol. The van der Waals surface area contributed by atoms with Crippen molar-refractivity contribution in [3.63, 3.8) is 0 Å². The van der Waals surface area contributed by atoms with Gasteiger partial charge in [-0.3, -0.25) is 4.79 Å². The van der Waals surface area contributed by atoms with Crippen LogP contribution in [-0.4, -0.2) is 26.9 Å². The molecule has 3 rings (SSSR count). The molecule has 0 radical (unpaired) electrons. The average molecular weight is 372 g/mol. The number of nitrogens with zero attached hydrogens (tertiary/aromatic N) is 1. The third-order valence-electron chi connectivity index (χ3n) is 4.66. The molecule has 1 N–H and O–H groups in total. The second-order valence-electron chi connectivity index (χ2n) is 6.63. The van der Waals surface area contributed by atoms with E-state index in [0.29, 0.717) is 12.1 Å². The number of hydrogen-bond donors (Lipinski definition) is 1. The van der Waals surface area contributed by atoms with E-state index in [-0.39, 0.29) is 16.8 Å². The van der Waals surface area contributed by atoms with Crippen LogP contribution < -0.4 is 9.62 Å². The summed E-state index contributed by atoms with van der Waals surface area (Å²) in [5.41, 5.74) is 2.58. The SMILES string of the molecule is CCCCNS(=O)(=O)c1ccc(C(=O)N2c3ccccc3CC2C)cc1. The summed E-state index contributed by atoms with van der Waals surface area (Å²) in [6.45, 7) is 4.45. The number of para-hydroxylation sites is 1. The number of sulfonamides is 1. The smallest absolute Gasteiger partial charge is 0.258 e. The van der Waals surface area contributed by atoms with Crippen LogP contribution in [0.2, 0.25) is 0 Å². The van der Waals surface area contributed by atoms with E-state index in [0.717, 1.165) is 30.5 Å². The largest absolute Gasteiger partial charge is 0.305 e. The van der Waals surface area contributed by atoms with E-state index in [1.807, 2.05) is 38.1 Å². The fourth-order valence-electron chi connectivity index (χ4n) is 3.26. The number of hydrogen-bond acceptors (Lipinski definition) is 3. The van der Waals surface area contributed by atoms with Gasteiger partial charge in [-0.15, -0.1) is 0 Å². The van der Waals surface area contributed by atoms with Gasteiger partial charge in [0.2, 0.25) is 10.0 Å². The second-order valence-corrected chi connectivity index (χ2v) is 8.40. The van der Waals surface area contributed by atoms with Crippen LogP contribution in [0.5, 0.6) is 0 Å². The zero-order valence-corrected chi connectivity index (χ0v) is 15.9. The zero-order chi connectivity index (χ0) is 18.7. The maximum absolute atomic E-state index is 13.0. The van der Waals surface area contributed by atoms with E-state index >= 15 is 0 Å². The normalized spacial score (nSPS) is 16.5. The highest BCUT2D eigenvalue weighted by Crippen LogP contribution is 2.33.